The molecule has 0 bridgehead atoms. The van der Waals surface area contributed by atoms with E-state index in [4.69, 9.17) is 4.74 Å². The van der Waals surface area contributed by atoms with Gasteiger partial charge in [-0.1, -0.05) is 46.5 Å². The normalized spacial score (nSPS) is 18.7. The van der Waals surface area contributed by atoms with E-state index in [2.05, 4.69) is 41.1 Å². The average molecular weight is 283 g/mol. The van der Waals surface area contributed by atoms with E-state index in [1.54, 1.807) is 7.11 Å². The minimum absolute atomic E-state index is 0.449. The van der Waals surface area contributed by atoms with Crippen LogP contribution in [0.15, 0.2) is 18.2 Å². The lowest BCUT2D eigenvalue weighted by atomic mass is 9.96. The molecule has 0 heterocycles. The van der Waals surface area contributed by atoms with Crippen LogP contribution in [0.1, 0.15) is 41.6 Å². The summed E-state index contributed by atoms with van der Waals surface area (Å²) in [5.74, 6) is 1.79. The fourth-order valence-corrected chi connectivity index (χ4v) is 3.46. The average Bonchev–Trinajstić information content (AvgIpc) is 2.81. The summed E-state index contributed by atoms with van der Waals surface area (Å²) in [6.07, 6.45) is 5.43. The number of aryl methyl sites for hydroxylation is 1. The van der Waals surface area contributed by atoms with Crippen LogP contribution in [0, 0.1) is 12.8 Å². The Morgan fingerprint density at radius 2 is 2.00 bits per heavy atom. The van der Waals surface area contributed by atoms with Gasteiger partial charge in [-0.3, -0.25) is 0 Å². The van der Waals surface area contributed by atoms with E-state index in [0.29, 0.717) is 4.83 Å². The van der Waals surface area contributed by atoms with Crippen molar-refractivity contribution >= 4 is 15.9 Å². The van der Waals surface area contributed by atoms with Crippen LogP contribution in [0.25, 0.3) is 0 Å². The van der Waals surface area contributed by atoms with Gasteiger partial charge in [-0.15, -0.1) is 0 Å². The Bertz CT molecular complexity index is 356. The molecule has 1 saturated carbocycles. The highest BCUT2D eigenvalue weighted by molar-refractivity contribution is 9.09. The zero-order valence-corrected chi connectivity index (χ0v) is 11.6. The van der Waals surface area contributed by atoms with Crippen LogP contribution in [-0.2, 0) is 0 Å². The molecule has 1 aromatic carbocycles. The van der Waals surface area contributed by atoms with E-state index >= 15 is 0 Å². The molecule has 0 aliphatic heterocycles. The molecule has 0 radical (unpaired) electrons. The zero-order chi connectivity index (χ0) is 11.5. The zero-order valence-electron chi connectivity index (χ0n) is 10.0. The van der Waals surface area contributed by atoms with Gasteiger partial charge in [0.15, 0.2) is 0 Å². The molecule has 1 nitrogen and oxygen atoms in total. The molecule has 1 aliphatic rings. The number of benzene rings is 1. The van der Waals surface area contributed by atoms with E-state index < -0.39 is 0 Å². The summed E-state index contributed by atoms with van der Waals surface area (Å²) >= 11 is 3.86. The van der Waals surface area contributed by atoms with E-state index in [-0.39, 0.29) is 0 Å². The van der Waals surface area contributed by atoms with Gasteiger partial charge in [0.25, 0.3) is 0 Å². The molecule has 0 spiro atoms. The lowest BCUT2D eigenvalue weighted by molar-refractivity contribution is 0.403. The number of rotatable bonds is 3. The third-order valence-electron chi connectivity index (χ3n) is 3.50. The molecule has 88 valence electrons. The lowest BCUT2D eigenvalue weighted by Gasteiger charge is -2.20. The highest BCUT2D eigenvalue weighted by atomic mass is 79.9. The van der Waals surface area contributed by atoms with Gasteiger partial charge in [0.05, 0.1) is 7.11 Å². The summed E-state index contributed by atoms with van der Waals surface area (Å²) in [4.78, 5) is 0.449. The van der Waals surface area contributed by atoms with Crippen LogP contribution in [0.4, 0.5) is 0 Å². The molecule has 0 aromatic heterocycles. The number of hydrogen-bond donors (Lipinski definition) is 0. The quantitative estimate of drug-likeness (QED) is 0.735. The Kier molecular flexibility index (Phi) is 3.91. The Morgan fingerprint density at radius 1 is 1.31 bits per heavy atom. The summed E-state index contributed by atoms with van der Waals surface area (Å²) in [5, 5.41) is 0. The Morgan fingerprint density at radius 3 is 2.62 bits per heavy atom. The van der Waals surface area contributed by atoms with E-state index in [1.807, 2.05) is 0 Å². The third-order valence-corrected chi connectivity index (χ3v) is 4.74. The SMILES string of the molecule is COc1ccc(C)cc1C(Br)C1CCCC1. The van der Waals surface area contributed by atoms with E-state index in [9.17, 15) is 0 Å². The highest BCUT2D eigenvalue weighted by Crippen LogP contribution is 2.44. The summed E-state index contributed by atoms with van der Waals surface area (Å²) in [6.45, 7) is 2.14. The van der Waals surface area contributed by atoms with Crippen LogP contribution in [0.2, 0.25) is 0 Å². The van der Waals surface area contributed by atoms with Gasteiger partial charge in [0.1, 0.15) is 5.75 Å². The molecule has 0 N–H and O–H groups in total. The Labute approximate surface area is 106 Å². The van der Waals surface area contributed by atoms with Crippen molar-refractivity contribution in [1.82, 2.24) is 0 Å². The lowest BCUT2D eigenvalue weighted by Crippen LogP contribution is -2.05. The molecule has 1 unspecified atom stereocenters. The molecule has 1 aromatic rings. The standard InChI is InChI=1S/C14H19BrO/c1-10-7-8-13(16-2)12(9-10)14(15)11-5-3-4-6-11/h7-9,11,14H,3-6H2,1-2H3. The first-order valence-electron chi connectivity index (χ1n) is 6.01. The topological polar surface area (TPSA) is 9.23 Å². The van der Waals surface area contributed by atoms with Gasteiger partial charge in [0.2, 0.25) is 0 Å². The highest BCUT2D eigenvalue weighted by Gasteiger charge is 2.26. The molecule has 16 heavy (non-hydrogen) atoms. The molecular formula is C14H19BrO. The molecule has 2 rings (SSSR count). The van der Waals surface area contributed by atoms with Crippen LogP contribution in [-0.4, -0.2) is 7.11 Å². The number of hydrogen-bond acceptors (Lipinski definition) is 1. The second-order valence-electron chi connectivity index (χ2n) is 4.69. The maximum Gasteiger partial charge on any atom is 0.123 e. The summed E-state index contributed by atoms with van der Waals surface area (Å²) in [7, 11) is 1.75. The van der Waals surface area contributed by atoms with E-state index in [1.165, 1.54) is 36.8 Å². The summed E-state index contributed by atoms with van der Waals surface area (Å²) < 4.78 is 5.45. The van der Waals surface area contributed by atoms with Gasteiger partial charge >= 0.3 is 0 Å². The van der Waals surface area contributed by atoms with Crippen molar-refractivity contribution in [2.45, 2.75) is 37.4 Å². The van der Waals surface area contributed by atoms with Crippen LogP contribution in [0.5, 0.6) is 5.75 Å². The van der Waals surface area contributed by atoms with Crippen molar-refractivity contribution < 1.29 is 4.74 Å². The van der Waals surface area contributed by atoms with Crippen LogP contribution < -0.4 is 4.74 Å². The molecule has 0 saturated heterocycles. The van der Waals surface area contributed by atoms with Gasteiger partial charge in [-0.05, 0) is 31.7 Å². The fourth-order valence-electron chi connectivity index (χ4n) is 2.57. The minimum atomic E-state index is 0.449. The third kappa shape index (κ3) is 2.42. The minimum Gasteiger partial charge on any atom is -0.496 e. The van der Waals surface area contributed by atoms with Gasteiger partial charge < -0.3 is 4.74 Å². The van der Waals surface area contributed by atoms with Crippen molar-refractivity contribution in [3.63, 3.8) is 0 Å². The molecule has 0 amide bonds. The van der Waals surface area contributed by atoms with Gasteiger partial charge in [-0.2, -0.15) is 0 Å². The molecule has 1 fully saturated rings. The monoisotopic (exact) mass is 282 g/mol. The predicted molar refractivity (Wildman–Crippen MR) is 71.4 cm³/mol. The van der Waals surface area contributed by atoms with Crippen molar-refractivity contribution in [3.05, 3.63) is 29.3 Å². The molecule has 1 atom stereocenters. The van der Waals surface area contributed by atoms with E-state index in [0.717, 1.165) is 11.7 Å². The maximum atomic E-state index is 5.45. The van der Waals surface area contributed by atoms with Crippen LogP contribution >= 0.6 is 15.9 Å². The molecule has 2 heteroatoms. The summed E-state index contributed by atoms with van der Waals surface area (Å²) in [6, 6.07) is 6.43. The summed E-state index contributed by atoms with van der Waals surface area (Å²) in [5.41, 5.74) is 2.62. The number of methoxy groups -OCH3 is 1. The molecular weight excluding hydrogens is 264 g/mol. The van der Waals surface area contributed by atoms with Crippen LogP contribution in [0.3, 0.4) is 0 Å². The Hall–Kier alpha value is -0.500. The second kappa shape index (κ2) is 5.22. The van der Waals surface area contributed by atoms with Crippen molar-refractivity contribution in [3.8, 4) is 5.75 Å². The number of alkyl halides is 1. The first-order valence-corrected chi connectivity index (χ1v) is 6.92. The first-order chi connectivity index (χ1) is 7.72. The van der Waals surface area contributed by atoms with Crippen molar-refractivity contribution in [2.75, 3.05) is 7.11 Å². The Balaban J connectivity index is 2.26. The predicted octanol–water partition coefficient (Wildman–Crippen LogP) is 4.63. The first kappa shape index (κ1) is 12.0. The van der Waals surface area contributed by atoms with Gasteiger partial charge in [-0.25, -0.2) is 0 Å². The smallest absolute Gasteiger partial charge is 0.123 e. The van der Waals surface area contributed by atoms with Gasteiger partial charge in [0, 0.05) is 10.4 Å². The number of ether oxygens (including phenoxy) is 1. The maximum absolute atomic E-state index is 5.45. The van der Waals surface area contributed by atoms with Crippen molar-refractivity contribution in [2.24, 2.45) is 5.92 Å². The second-order valence-corrected chi connectivity index (χ2v) is 5.68. The number of halogens is 1. The van der Waals surface area contributed by atoms with Crippen molar-refractivity contribution in [1.29, 1.82) is 0 Å². The molecule has 1 aliphatic carbocycles. The fraction of sp³-hybridized carbons (Fsp3) is 0.571. The largest absolute Gasteiger partial charge is 0.496 e.